The highest BCUT2D eigenvalue weighted by atomic mass is 15.2. The summed E-state index contributed by atoms with van der Waals surface area (Å²) in [5.74, 6) is 0. The van der Waals surface area contributed by atoms with Crippen molar-refractivity contribution in [3.05, 3.63) is 0 Å². The van der Waals surface area contributed by atoms with E-state index in [4.69, 9.17) is 0 Å². The van der Waals surface area contributed by atoms with Crippen LogP contribution in [0.25, 0.3) is 0 Å². The van der Waals surface area contributed by atoms with Crippen LogP contribution in [0.3, 0.4) is 0 Å². The van der Waals surface area contributed by atoms with E-state index in [0.29, 0.717) is 11.6 Å². The number of nitrogens with zero attached hydrogens (tertiary/aromatic N) is 2. The van der Waals surface area contributed by atoms with E-state index in [1.807, 2.05) is 0 Å². The first kappa shape index (κ1) is 15.3. The van der Waals surface area contributed by atoms with Crippen LogP contribution in [0.2, 0.25) is 0 Å². The molecule has 0 aromatic heterocycles. The Morgan fingerprint density at radius 2 is 1.74 bits per heavy atom. The van der Waals surface area contributed by atoms with Crippen molar-refractivity contribution in [1.29, 1.82) is 0 Å². The summed E-state index contributed by atoms with van der Waals surface area (Å²) in [6.45, 7) is 4.72. The smallest absolute Gasteiger partial charge is 0.0330 e. The van der Waals surface area contributed by atoms with Crippen LogP contribution in [0.1, 0.15) is 51.9 Å². The number of nitrogens with one attached hydrogen (secondary N) is 1. The van der Waals surface area contributed by atoms with Crippen molar-refractivity contribution in [3.8, 4) is 0 Å². The van der Waals surface area contributed by atoms with Crippen molar-refractivity contribution in [2.75, 3.05) is 34.2 Å². The average molecular weight is 267 g/mol. The minimum Gasteiger partial charge on any atom is -0.312 e. The second-order valence-electron chi connectivity index (χ2n) is 7.13. The van der Waals surface area contributed by atoms with Crippen molar-refractivity contribution in [3.63, 3.8) is 0 Å². The van der Waals surface area contributed by atoms with E-state index in [-0.39, 0.29) is 0 Å². The molecule has 3 nitrogen and oxygen atoms in total. The van der Waals surface area contributed by atoms with Crippen LogP contribution in [-0.4, -0.2) is 61.7 Å². The van der Waals surface area contributed by atoms with Gasteiger partial charge in [-0.3, -0.25) is 0 Å². The van der Waals surface area contributed by atoms with E-state index in [1.54, 1.807) is 0 Å². The molecule has 0 radical (unpaired) electrons. The van der Waals surface area contributed by atoms with E-state index in [1.165, 1.54) is 51.5 Å². The third-order valence-electron chi connectivity index (χ3n) is 5.59. The normalized spacial score (nSPS) is 24.9. The number of rotatable bonds is 7. The van der Waals surface area contributed by atoms with Gasteiger partial charge in [-0.05, 0) is 60.2 Å². The fourth-order valence-corrected chi connectivity index (χ4v) is 3.57. The van der Waals surface area contributed by atoms with Gasteiger partial charge in [-0.1, -0.05) is 12.8 Å². The molecule has 0 spiro atoms. The number of likely N-dealkylation sites (N-methyl/N-ethyl adjacent to an activating group) is 2. The zero-order valence-corrected chi connectivity index (χ0v) is 13.4. The minimum absolute atomic E-state index is 0.455. The van der Waals surface area contributed by atoms with Gasteiger partial charge in [0.15, 0.2) is 0 Å². The lowest BCUT2D eigenvalue weighted by Crippen LogP contribution is -2.58. The quantitative estimate of drug-likeness (QED) is 0.764. The second-order valence-corrected chi connectivity index (χ2v) is 7.13. The zero-order valence-electron chi connectivity index (χ0n) is 13.4. The van der Waals surface area contributed by atoms with Crippen LogP contribution in [0.4, 0.5) is 0 Å². The maximum atomic E-state index is 3.76. The fraction of sp³-hybridized carbons (Fsp3) is 1.00. The average Bonchev–Trinajstić information content (AvgIpc) is 2.82. The monoisotopic (exact) mass is 267 g/mol. The number of hydrogen-bond donors (Lipinski definition) is 1. The van der Waals surface area contributed by atoms with E-state index in [9.17, 15) is 0 Å². The van der Waals surface area contributed by atoms with Gasteiger partial charge in [0.1, 0.15) is 0 Å². The van der Waals surface area contributed by atoms with Gasteiger partial charge in [-0.25, -0.2) is 0 Å². The molecule has 0 heterocycles. The van der Waals surface area contributed by atoms with Crippen LogP contribution >= 0.6 is 0 Å². The molecule has 112 valence electrons. The second kappa shape index (κ2) is 6.55. The molecule has 2 saturated carbocycles. The maximum Gasteiger partial charge on any atom is 0.0330 e. The molecule has 0 bridgehead atoms. The lowest BCUT2D eigenvalue weighted by molar-refractivity contribution is 0.0180. The van der Waals surface area contributed by atoms with E-state index >= 15 is 0 Å². The fourth-order valence-electron chi connectivity index (χ4n) is 3.57. The third kappa shape index (κ3) is 3.71. The molecule has 0 saturated heterocycles. The molecule has 2 aliphatic carbocycles. The molecule has 0 aliphatic heterocycles. The topological polar surface area (TPSA) is 18.5 Å². The predicted octanol–water partition coefficient (Wildman–Crippen LogP) is 2.32. The molecule has 3 heteroatoms. The summed E-state index contributed by atoms with van der Waals surface area (Å²) in [6.07, 6.45) is 9.76. The molecule has 0 aromatic rings. The molecule has 2 aliphatic rings. The van der Waals surface area contributed by atoms with Crippen LogP contribution in [0.15, 0.2) is 0 Å². The van der Waals surface area contributed by atoms with E-state index in [0.717, 1.165) is 12.6 Å². The lowest BCUT2D eigenvalue weighted by Gasteiger charge is -2.50. The summed E-state index contributed by atoms with van der Waals surface area (Å²) in [4.78, 5) is 5.01. The summed E-state index contributed by atoms with van der Waals surface area (Å²) in [5.41, 5.74) is 0.455. The van der Waals surface area contributed by atoms with Gasteiger partial charge in [0.2, 0.25) is 0 Å². The molecular formula is C16H33N3. The molecule has 0 aromatic carbocycles. The summed E-state index contributed by atoms with van der Waals surface area (Å²) < 4.78 is 0. The molecule has 1 N–H and O–H groups in total. The highest BCUT2D eigenvalue weighted by Gasteiger charge is 2.40. The molecule has 19 heavy (non-hydrogen) atoms. The van der Waals surface area contributed by atoms with Crippen LogP contribution < -0.4 is 5.32 Å². The van der Waals surface area contributed by atoms with Gasteiger partial charge in [-0.2, -0.15) is 0 Å². The van der Waals surface area contributed by atoms with Gasteiger partial charge < -0.3 is 15.1 Å². The zero-order chi connectivity index (χ0) is 13.9. The highest BCUT2D eigenvalue weighted by molar-refractivity contribution is 4.98. The summed E-state index contributed by atoms with van der Waals surface area (Å²) in [6, 6.07) is 1.43. The van der Waals surface area contributed by atoms with Gasteiger partial charge >= 0.3 is 0 Å². The van der Waals surface area contributed by atoms with Crippen LogP contribution in [0.5, 0.6) is 0 Å². The minimum atomic E-state index is 0.455. The first-order chi connectivity index (χ1) is 9.03. The Hall–Kier alpha value is -0.120. The molecule has 0 amide bonds. The Morgan fingerprint density at radius 1 is 1.11 bits per heavy atom. The van der Waals surface area contributed by atoms with Crippen LogP contribution in [-0.2, 0) is 0 Å². The van der Waals surface area contributed by atoms with Crippen molar-refractivity contribution in [2.45, 2.75) is 69.5 Å². The van der Waals surface area contributed by atoms with Crippen molar-refractivity contribution >= 4 is 0 Å². The van der Waals surface area contributed by atoms with Crippen molar-refractivity contribution < 1.29 is 0 Å². The molecule has 2 rings (SSSR count). The predicted molar refractivity (Wildman–Crippen MR) is 82.6 cm³/mol. The van der Waals surface area contributed by atoms with E-state index in [2.05, 4.69) is 43.2 Å². The summed E-state index contributed by atoms with van der Waals surface area (Å²) >= 11 is 0. The van der Waals surface area contributed by atoms with Gasteiger partial charge in [-0.15, -0.1) is 0 Å². The third-order valence-corrected chi connectivity index (χ3v) is 5.59. The first-order valence-electron chi connectivity index (χ1n) is 8.14. The Labute approximate surface area is 119 Å². The highest BCUT2D eigenvalue weighted by Crippen LogP contribution is 2.36. The SMILES string of the molecule is CC(CNC1CCCC1)N(C)CC1(N(C)C)CCC1. The van der Waals surface area contributed by atoms with Gasteiger partial charge in [0.05, 0.1) is 0 Å². The standard InChI is InChI=1S/C16H33N3/c1-14(12-17-15-8-5-6-9-15)19(4)13-16(18(2)3)10-7-11-16/h14-15,17H,5-13H2,1-4H3. The van der Waals surface area contributed by atoms with Gasteiger partial charge in [0, 0.05) is 30.7 Å². The summed E-state index contributed by atoms with van der Waals surface area (Å²) in [7, 11) is 6.79. The maximum absolute atomic E-state index is 3.76. The Balaban J connectivity index is 1.73. The molecule has 1 unspecified atom stereocenters. The molecule has 1 atom stereocenters. The first-order valence-corrected chi connectivity index (χ1v) is 8.14. The van der Waals surface area contributed by atoms with Crippen molar-refractivity contribution in [2.24, 2.45) is 0 Å². The van der Waals surface area contributed by atoms with E-state index < -0.39 is 0 Å². The largest absolute Gasteiger partial charge is 0.312 e. The molecular weight excluding hydrogens is 234 g/mol. The Morgan fingerprint density at radius 3 is 2.21 bits per heavy atom. The number of hydrogen-bond acceptors (Lipinski definition) is 3. The van der Waals surface area contributed by atoms with Crippen LogP contribution in [0, 0.1) is 0 Å². The lowest BCUT2D eigenvalue weighted by atomic mass is 9.75. The molecule has 2 fully saturated rings. The van der Waals surface area contributed by atoms with Gasteiger partial charge in [0.25, 0.3) is 0 Å². The Kier molecular flexibility index (Phi) is 5.27. The Bertz CT molecular complexity index is 267. The van der Waals surface area contributed by atoms with Crippen molar-refractivity contribution in [1.82, 2.24) is 15.1 Å². The summed E-state index contributed by atoms with van der Waals surface area (Å²) in [5, 5.41) is 3.76.